The van der Waals surface area contributed by atoms with Crippen molar-refractivity contribution in [2.45, 2.75) is 45.3 Å². The zero-order valence-corrected chi connectivity index (χ0v) is 10.9. The highest BCUT2D eigenvalue weighted by Crippen LogP contribution is 2.18. The minimum absolute atomic E-state index is 0.404. The van der Waals surface area contributed by atoms with Crippen LogP contribution < -0.4 is 5.32 Å². The van der Waals surface area contributed by atoms with Crippen molar-refractivity contribution in [3.05, 3.63) is 35.4 Å². The van der Waals surface area contributed by atoms with Gasteiger partial charge in [-0.3, -0.25) is 0 Å². The Labute approximate surface area is 104 Å². The van der Waals surface area contributed by atoms with Crippen molar-refractivity contribution < 1.29 is 4.74 Å². The molecular formula is C15H23NO. The number of ether oxygens (including phenoxy) is 1. The van der Waals surface area contributed by atoms with Crippen LogP contribution in [0.4, 0.5) is 0 Å². The fourth-order valence-corrected chi connectivity index (χ4v) is 2.46. The smallest absolute Gasteiger partial charge is 0.0699 e. The molecule has 94 valence electrons. The van der Waals surface area contributed by atoms with Gasteiger partial charge in [0, 0.05) is 19.2 Å². The topological polar surface area (TPSA) is 21.3 Å². The lowest BCUT2D eigenvalue weighted by molar-refractivity contribution is 0.0156. The van der Waals surface area contributed by atoms with Crippen LogP contribution in [0.15, 0.2) is 24.3 Å². The molecule has 0 bridgehead atoms. The molecule has 0 amide bonds. The standard InChI is InChI=1S/C15H23NO/c1-12-7-3-4-9-15(12)13(2)16-11-14-8-5-6-10-17-14/h3-4,7,9,13-14,16H,5-6,8,10-11H2,1-2H3. The molecule has 0 aliphatic carbocycles. The van der Waals surface area contributed by atoms with Crippen LogP contribution in [0.1, 0.15) is 43.4 Å². The molecule has 0 saturated carbocycles. The average molecular weight is 233 g/mol. The number of benzene rings is 1. The number of hydrogen-bond acceptors (Lipinski definition) is 2. The van der Waals surface area contributed by atoms with Gasteiger partial charge in [0.25, 0.3) is 0 Å². The maximum Gasteiger partial charge on any atom is 0.0699 e. The summed E-state index contributed by atoms with van der Waals surface area (Å²) < 4.78 is 5.73. The van der Waals surface area contributed by atoms with Crippen LogP contribution in [0.25, 0.3) is 0 Å². The summed E-state index contributed by atoms with van der Waals surface area (Å²) in [6, 6.07) is 8.98. The Bertz CT molecular complexity index is 345. The molecule has 0 radical (unpaired) electrons. The number of hydrogen-bond donors (Lipinski definition) is 1. The Morgan fingerprint density at radius 3 is 2.88 bits per heavy atom. The van der Waals surface area contributed by atoms with Crippen molar-refractivity contribution in [3.63, 3.8) is 0 Å². The molecule has 2 heteroatoms. The first-order chi connectivity index (χ1) is 8.27. The van der Waals surface area contributed by atoms with Crippen LogP contribution in [-0.2, 0) is 4.74 Å². The summed E-state index contributed by atoms with van der Waals surface area (Å²) in [6.45, 7) is 6.30. The van der Waals surface area contributed by atoms with Gasteiger partial charge in [0.1, 0.15) is 0 Å². The molecule has 2 unspecified atom stereocenters. The Hall–Kier alpha value is -0.860. The molecule has 1 aromatic carbocycles. The molecule has 1 aliphatic rings. The Kier molecular flexibility index (Phi) is 4.57. The predicted octanol–water partition coefficient (Wildman–Crippen LogP) is 3.21. The van der Waals surface area contributed by atoms with Gasteiger partial charge in [-0.25, -0.2) is 0 Å². The molecule has 1 N–H and O–H groups in total. The lowest BCUT2D eigenvalue weighted by Crippen LogP contribution is -2.33. The molecule has 2 rings (SSSR count). The fourth-order valence-electron chi connectivity index (χ4n) is 2.46. The summed E-state index contributed by atoms with van der Waals surface area (Å²) in [7, 11) is 0. The van der Waals surface area contributed by atoms with Gasteiger partial charge in [0.2, 0.25) is 0 Å². The summed E-state index contributed by atoms with van der Waals surface area (Å²) in [4.78, 5) is 0. The second-order valence-corrected chi connectivity index (χ2v) is 4.98. The van der Waals surface area contributed by atoms with Crippen LogP contribution >= 0.6 is 0 Å². The molecule has 1 heterocycles. The van der Waals surface area contributed by atoms with Gasteiger partial charge >= 0.3 is 0 Å². The second-order valence-electron chi connectivity index (χ2n) is 4.98. The minimum atomic E-state index is 0.404. The van der Waals surface area contributed by atoms with E-state index < -0.39 is 0 Å². The first-order valence-electron chi connectivity index (χ1n) is 6.68. The van der Waals surface area contributed by atoms with Gasteiger partial charge < -0.3 is 10.1 Å². The van der Waals surface area contributed by atoms with Gasteiger partial charge in [0.05, 0.1) is 6.10 Å². The minimum Gasteiger partial charge on any atom is -0.377 e. The fraction of sp³-hybridized carbons (Fsp3) is 0.600. The van der Waals surface area contributed by atoms with Crippen molar-refractivity contribution in [2.24, 2.45) is 0 Å². The first kappa shape index (κ1) is 12.6. The number of rotatable bonds is 4. The monoisotopic (exact) mass is 233 g/mol. The lowest BCUT2D eigenvalue weighted by atomic mass is 10.0. The second kappa shape index (κ2) is 6.18. The number of aryl methyl sites for hydroxylation is 1. The summed E-state index contributed by atoms with van der Waals surface area (Å²) in [5, 5.41) is 3.58. The molecule has 2 atom stereocenters. The normalized spacial score (nSPS) is 22.4. The first-order valence-corrected chi connectivity index (χ1v) is 6.68. The van der Waals surface area contributed by atoms with Crippen LogP contribution in [0, 0.1) is 6.92 Å². The molecule has 0 spiro atoms. The van der Waals surface area contributed by atoms with E-state index in [1.165, 1.54) is 30.4 Å². The van der Waals surface area contributed by atoms with Gasteiger partial charge in [-0.05, 0) is 44.2 Å². The maximum absolute atomic E-state index is 5.73. The van der Waals surface area contributed by atoms with Crippen molar-refractivity contribution in [1.82, 2.24) is 5.32 Å². The number of nitrogens with one attached hydrogen (secondary N) is 1. The highest BCUT2D eigenvalue weighted by molar-refractivity contribution is 5.28. The maximum atomic E-state index is 5.73. The molecule has 2 nitrogen and oxygen atoms in total. The van der Waals surface area contributed by atoms with Gasteiger partial charge in [-0.2, -0.15) is 0 Å². The summed E-state index contributed by atoms with van der Waals surface area (Å²) in [5.41, 5.74) is 2.75. The predicted molar refractivity (Wildman–Crippen MR) is 71.2 cm³/mol. The molecular weight excluding hydrogens is 210 g/mol. The zero-order chi connectivity index (χ0) is 12.1. The van der Waals surface area contributed by atoms with Crippen LogP contribution in [0.5, 0.6) is 0 Å². The summed E-state index contributed by atoms with van der Waals surface area (Å²) in [6.07, 6.45) is 4.15. The van der Waals surface area contributed by atoms with Crippen molar-refractivity contribution in [1.29, 1.82) is 0 Å². The van der Waals surface area contributed by atoms with Crippen molar-refractivity contribution >= 4 is 0 Å². The van der Waals surface area contributed by atoms with E-state index in [1.54, 1.807) is 0 Å². The van der Waals surface area contributed by atoms with E-state index in [2.05, 4.69) is 43.4 Å². The molecule has 1 fully saturated rings. The van der Waals surface area contributed by atoms with Gasteiger partial charge in [0.15, 0.2) is 0 Å². The third-order valence-corrected chi connectivity index (χ3v) is 3.58. The van der Waals surface area contributed by atoms with E-state index >= 15 is 0 Å². The van der Waals surface area contributed by atoms with Crippen LogP contribution in [-0.4, -0.2) is 19.3 Å². The van der Waals surface area contributed by atoms with E-state index in [0.29, 0.717) is 12.1 Å². The Balaban J connectivity index is 1.84. The summed E-state index contributed by atoms with van der Waals surface area (Å²) in [5.74, 6) is 0. The Morgan fingerprint density at radius 1 is 1.35 bits per heavy atom. The third-order valence-electron chi connectivity index (χ3n) is 3.58. The highest BCUT2D eigenvalue weighted by atomic mass is 16.5. The van der Waals surface area contributed by atoms with E-state index in [-0.39, 0.29) is 0 Å². The van der Waals surface area contributed by atoms with Crippen LogP contribution in [0.2, 0.25) is 0 Å². The van der Waals surface area contributed by atoms with E-state index in [1.807, 2.05) is 0 Å². The average Bonchev–Trinajstić information content (AvgIpc) is 2.38. The molecule has 1 aliphatic heterocycles. The molecule has 1 aromatic rings. The van der Waals surface area contributed by atoms with E-state index in [9.17, 15) is 0 Å². The SMILES string of the molecule is Cc1ccccc1C(C)NCC1CCCCO1. The van der Waals surface area contributed by atoms with E-state index in [0.717, 1.165) is 13.2 Å². The third kappa shape index (κ3) is 3.55. The van der Waals surface area contributed by atoms with Gasteiger partial charge in [-0.15, -0.1) is 0 Å². The molecule has 0 aromatic heterocycles. The molecule has 17 heavy (non-hydrogen) atoms. The zero-order valence-electron chi connectivity index (χ0n) is 10.9. The summed E-state index contributed by atoms with van der Waals surface area (Å²) >= 11 is 0. The van der Waals surface area contributed by atoms with E-state index in [4.69, 9.17) is 4.74 Å². The lowest BCUT2D eigenvalue weighted by Gasteiger charge is -2.25. The Morgan fingerprint density at radius 2 is 2.18 bits per heavy atom. The quantitative estimate of drug-likeness (QED) is 0.862. The van der Waals surface area contributed by atoms with Crippen molar-refractivity contribution in [3.8, 4) is 0 Å². The largest absolute Gasteiger partial charge is 0.377 e. The highest BCUT2D eigenvalue weighted by Gasteiger charge is 2.15. The van der Waals surface area contributed by atoms with Crippen molar-refractivity contribution in [2.75, 3.05) is 13.2 Å². The van der Waals surface area contributed by atoms with Gasteiger partial charge in [-0.1, -0.05) is 24.3 Å². The molecule has 1 saturated heterocycles. The van der Waals surface area contributed by atoms with Crippen LogP contribution in [0.3, 0.4) is 0 Å².